The van der Waals surface area contributed by atoms with Crippen molar-refractivity contribution in [3.8, 4) is 0 Å². The number of hydrogen-bond acceptors (Lipinski definition) is 3. The smallest absolute Gasteiger partial charge is 0.335 e. The summed E-state index contributed by atoms with van der Waals surface area (Å²) in [5.74, 6) is 0.566. The number of aromatic nitrogens is 1. The van der Waals surface area contributed by atoms with E-state index in [-0.39, 0.29) is 5.92 Å². The summed E-state index contributed by atoms with van der Waals surface area (Å²) in [4.78, 5) is 15.6. The second kappa shape index (κ2) is 7.12. The van der Waals surface area contributed by atoms with E-state index in [0.29, 0.717) is 17.3 Å². The molecule has 0 atom stereocenters. The van der Waals surface area contributed by atoms with Gasteiger partial charge in [0, 0.05) is 12.2 Å². The van der Waals surface area contributed by atoms with Gasteiger partial charge < -0.3 is 10.4 Å². The van der Waals surface area contributed by atoms with Gasteiger partial charge in [-0.05, 0) is 24.0 Å². The predicted molar refractivity (Wildman–Crippen MR) is 77.8 cm³/mol. The summed E-state index contributed by atoms with van der Waals surface area (Å²) >= 11 is 0. The number of carboxylic acid groups (broad SMARTS) is 1. The van der Waals surface area contributed by atoms with E-state index in [1.807, 2.05) is 13.8 Å². The number of nitrogens with zero attached hydrogens (tertiary/aromatic N) is 1. The first kappa shape index (κ1) is 15.5. The summed E-state index contributed by atoms with van der Waals surface area (Å²) in [6.45, 7) is 9.19. The van der Waals surface area contributed by atoms with Gasteiger partial charge in [0.15, 0.2) is 0 Å². The molecule has 0 fully saturated rings. The SMILES string of the molecule is CCC(CC)CNc1cc(C(=O)O)cc(C(C)C)n1. The minimum absolute atomic E-state index is 0.216. The molecule has 1 heterocycles. The average Bonchev–Trinajstić information content (AvgIpc) is 2.39. The molecule has 0 spiro atoms. The number of pyridine rings is 1. The Bertz CT molecular complexity index is 426. The van der Waals surface area contributed by atoms with Crippen LogP contribution >= 0.6 is 0 Å². The van der Waals surface area contributed by atoms with E-state index in [2.05, 4.69) is 24.1 Å². The van der Waals surface area contributed by atoms with Crippen LogP contribution in [0.5, 0.6) is 0 Å². The molecule has 0 saturated heterocycles. The third-order valence-corrected chi connectivity index (χ3v) is 3.41. The molecule has 2 N–H and O–H groups in total. The van der Waals surface area contributed by atoms with Gasteiger partial charge in [0.2, 0.25) is 0 Å². The molecular weight excluding hydrogens is 240 g/mol. The van der Waals surface area contributed by atoms with Crippen LogP contribution < -0.4 is 5.32 Å². The summed E-state index contributed by atoms with van der Waals surface area (Å²) < 4.78 is 0. The van der Waals surface area contributed by atoms with E-state index in [1.54, 1.807) is 12.1 Å². The molecule has 1 aromatic rings. The summed E-state index contributed by atoms with van der Waals surface area (Å²) in [6, 6.07) is 3.26. The number of hydrogen-bond donors (Lipinski definition) is 2. The number of carboxylic acids is 1. The maximum atomic E-state index is 11.1. The molecule has 19 heavy (non-hydrogen) atoms. The van der Waals surface area contributed by atoms with Crippen LogP contribution in [0.1, 0.15) is 62.5 Å². The lowest BCUT2D eigenvalue weighted by Crippen LogP contribution is -2.15. The van der Waals surface area contributed by atoms with Crippen molar-refractivity contribution in [2.45, 2.75) is 46.5 Å². The first-order valence-corrected chi connectivity index (χ1v) is 6.97. The zero-order chi connectivity index (χ0) is 14.4. The Balaban J connectivity index is 2.90. The molecule has 4 heteroatoms. The van der Waals surface area contributed by atoms with Crippen molar-refractivity contribution < 1.29 is 9.90 Å². The number of aromatic carboxylic acids is 1. The molecule has 0 aromatic carbocycles. The van der Waals surface area contributed by atoms with Gasteiger partial charge in [0.25, 0.3) is 0 Å². The average molecular weight is 264 g/mol. The Morgan fingerprint density at radius 3 is 2.42 bits per heavy atom. The summed E-state index contributed by atoms with van der Waals surface area (Å²) in [5.41, 5.74) is 1.11. The van der Waals surface area contributed by atoms with Crippen molar-refractivity contribution in [3.05, 3.63) is 23.4 Å². The first-order chi connectivity index (χ1) is 8.97. The molecule has 1 aromatic heterocycles. The minimum Gasteiger partial charge on any atom is -0.478 e. The topological polar surface area (TPSA) is 62.2 Å². The highest BCUT2D eigenvalue weighted by Gasteiger charge is 2.11. The van der Waals surface area contributed by atoms with Gasteiger partial charge in [-0.25, -0.2) is 9.78 Å². The normalized spacial score (nSPS) is 11.1. The zero-order valence-corrected chi connectivity index (χ0v) is 12.2. The molecule has 0 amide bonds. The summed E-state index contributed by atoms with van der Waals surface area (Å²) in [7, 11) is 0. The van der Waals surface area contributed by atoms with Crippen molar-refractivity contribution in [2.24, 2.45) is 5.92 Å². The zero-order valence-electron chi connectivity index (χ0n) is 12.2. The maximum Gasteiger partial charge on any atom is 0.335 e. The van der Waals surface area contributed by atoms with Crippen LogP contribution in [0.2, 0.25) is 0 Å². The van der Waals surface area contributed by atoms with Crippen LogP contribution in [0.4, 0.5) is 5.82 Å². The van der Waals surface area contributed by atoms with Gasteiger partial charge in [-0.15, -0.1) is 0 Å². The maximum absolute atomic E-state index is 11.1. The van der Waals surface area contributed by atoms with Gasteiger partial charge in [-0.3, -0.25) is 0 Å². The molecule has 0 radical (unpaired) electrons. The first-order valence-electron chi connectivity index (χ1n) is 6.97. The Hall–Kier alpha value is -1.58. The van der Waals surface area contributed by atoms with E-state index in [1.165, 1.54) is 0 Å². The van der Waals surface area contributed by atoms with Crippen LogP contribution in [-0.2, 0) is 0 Å². The fourth-order valence-corrected chi connectivity index (χ4v) is 1.89. The van der Waals surface area contributed by atoms with Crippen LogP contribution in [0.15, 0.2) is 12.1 Å². The van der Waals surface area contributed by atoms with Gasteiger partial charge in [0.05, 0.1) is 5.56 Å². The van der Waals surface area contributed by atoms with Gasteiger partial charge in [-0.2, -0.15) is 0 Å². The van der Waals surface area contributed by atoms with Crippen molar-refractivity contribution >= 4 is 11.8 Å². The van der Waals surface area contributed by atoms with E-state index in [9.17, 15) is 4.79 Å². The second-order valence-corrected chi connectivity index (χ2v) is 5.19. The van der Waals surface area contributed by atoms with Crippen molar-refractivity contribution in [3.63, 3.8) is 0 Å². The fourth-order valence-electron chi connectivity index (χ4n) is 1.89. The number of rotatable bonds is 7. The van der Waals surface area contributed by atoms with Crippen LogP contribution in [0.25, 0.3) is 0 Å². The highest BCUT2D eigenvalue weighted by atomic mass is 16.4. The quantitative estimate of drug-likeness (QED) is 0.787. The van der Waals surface area contributed by atoms with Crippen molar-refractivity contribution in [1.29, 1.82) is 0 Å². The minimum atomic E-state index is -0.908. The van der Waals surface area contributed by atoms with Crippen LogP contribution in [-0.4, -0.2) is 22.6 Å². The van der Waals surface area contributed by atoms with E-state index in [0.717, 1.165) is 25.1 Å². The standard InChI is InChI=1S/C15H24N2O2/c1-5-11(6-2)9-16-14-8-12(15(18)19)7-13(17-14)10(3)4/h7-8,10-11H,5-6,9H2,1-4H3,(H,16,17)(H,18,19). The van der Waals surface area contributed by atoms with Gasteiger partial charge in [-0.1, -0.05) is 40.5 Å². The van der Waals surface area contributed by atoms with E-state index >= 15 is 0 Å². The van der Waals surface area contributed by atoms with Crippen LogP contribution in [0, 0.1) is 5.92 Å². The van der Waals surface area contributed by atoms with Crippen molar-refractivity contribution in [1.82, 2.24) is 4.98 Å². The Labute approximate surface area is 115 Å². The highest BCUT2D eigenvalue weighted by Crippen LogP contribution is 2.18. The Kier molecular flexibility index (Phi) is 5.80. The third-order valence-electron chi connectivity index (χ3n) is 3.41. The lowest BCUT2D eigenvalue weighted by atomic mass is 10.0. The van der Waals surface area contributed by atoms with E-state index in [4.69, 9.17) is 5.11 Å². The van der Waals surface area contributed by atoms with Gasteiger partial charge >= 0.3 is 5.97 Å². The second-order valence-electron chi connectivity index (χ2n) is 5.19. The lowest BCUT2D eigenvalue weighted by molar-refractivity contribution is 0.0696. The molecule has 0 saturated carbocycles. The molecule has 4 nitrogen and oxygen atoms in total. The monoisotopic (exact) mass is 264 g/mol. The van der Waals surface area contributed by atoms with Crippen molar-refractivity contribution in [2.75, 3.05) is 11.9 Å². The fraction of sp³-hybridized carbons (Fsp3) is 0.600. The number of anilines is 1. The van der Waals surface area contributed by atoms with Gasteiger partial charge in [0.1, 0.15) is 5.82 Å². The molecule has 0 aliphatic rings. The lowest BCUT2D eigenvalue weighted by Gasteiger charge is -2.15. The number of carbonyl (C=O) groups is 1. The Morgan fingerprint density at radius 2 is 1.95 bits per heavy atom. The Morgan fingerprint density at radius 1 is 1.32 bits per heavy atom. The highest BCUT2D eigenvalue weighted by molar-refractivity contribution is 5.88. The van der Waals surface area contributed by atoms with Crippen LogP contribution in [0.3, 0.4) is 0 Å². The molecule has 0 aliphatic heterocycles. The largest absolute Gasteiger partial charge is 0.478 e. The molecular formula is C15H24N2O2. The molecule has 106 valence electrons. The third kappa shape index (κ3) is 4.54. The summed E-state index contributed by atoms with van der Waals surface area (Å²) in [5, 5.41) is 12.4. The predicted octanol–water partition coefficient (Wildman–Crippen LogP) is 3.75. The molecule has 0 unspecified atom stereocenters. The number of nitrogens with one attached hydrogen (secondary N) is 1. The molecule has 1 rings (SSSR count). The molecule has 0 aliphatic carbocycles. The summed E-state index contributed by atoms with van der Waals surface area (Å²) in [6.07, 6.45) is 2.22. The van der Waals surface area contributed by atoms with E-state index < -0.39 is 5.97 Å². The molecule has 0 bridgehead atoms.